The Balaban J connectivity index is 2.20. The number of guanidine groups is 1. The van der Waals surface area contributed by atoms with Crippen LogP contribution in [-0.2, 0) is 6.42 Å². The molecule has 0 unspecified atom stereocenters. The lowest BCUT2D eigenvalue weighted by atomic mass is 10.1. The number of aromatic hydroxyl groups is 1. The molecule has 0 atom stereocenters. The number of nitrogens with zero attached hydrogens (tertiary/aromatic N) is 1. The summed E-state index contributed by atoms with van der Waals surface area (Å²) in [5.41, 5.74) is 7.88. The van der Waals surface area contributed by atoms with E-state index in [1.54, 1.807) is 12.1 Å². The number of phenols is 1. The van der Waals surface area contributed by atoms with E-state index in [-0.39, 0.29) is 0 Å². The van der Waals surface area contributed by atoms with Crippen molar-refractivity contribution in [1.82, 2.24) is 5.32 Å². The van der Waals surface area contributed by atoms with Crippen LogP contribution in [0, 0.1) is 0 Å². The van der Waals surface area contributed by atoms with Crippen LogP contribution >= 0.6 is 0 Å². The second-order valence-corrected chi connectivity index (χ2v) is 4.36. The van der Waals surface area contributed by atoms with E-state index in [1.165, 1.54) is 5.56 Å². The van der Waals surface area contributed by atoms with Gasteiger partial charge in [-0.1, -0.05) is 24.3 Å². The predicted molar refractivity (Wildman–Crippen MR) is 75.7 cm³/mol. The van der Waals surface area contributed by atoms with Crippen LogP contribution in [0.15, 0.2) is 41.4 Å². The van der Waals surface area contributed by atoms with Crippen molar-refractivity contribution in [3.63, 3.8) is 0 Å². The van der Waals surface area contributed by atoms with Crippen molar-refractivity contribution in [1.29, 1.82) is 0 Å². The van der Waals surface area contributed by atoms with Gasteiger partial charge in [0, 0.05) is 6.54 Å². The van der Waals surface area contributed by atoms with E-state index in [2.05, 4.69) is 16.9 Å². The molecule has 98 valence electrons. The van der Waals surface area contributed by atoms with Crippen LogP contribution in [0.2, 0.25) is 0 Å². The average molecular weight is 247 g/mol. The van der Waals surface area contributed by atoms with Crippen LogP contribution in [-0.4, -0.2) is 24.2 Å². The van der Waals surface area contributed by atoms with E-state index in [9.17, 15) is 0 Å². The number of rotatable bonds is 6. The van der Waals surface area contributed by atoms with Crippen molar-refractivity contribution < 1.29 is 5.11 Å². The maximum Gasteiger partial charge on any atom is 0.188 e. The van der Waals surface area contributed by atoms with Crippen molar-refractivity contribution in [2.24, 2.45) is 10.7 Å². The zero-order valence-corrected chi connectivity index (χ0v) is 10.8. The average Bonchev–Trinajstić information content (AvgIpc) is 2.34. The van der Waals surface area contributed by atoms with Gasteiger partial charge < -0.3 is 16.2 Å². The Morgan fingerprint density at radius 1 is 1.39 bits per heavy atom. The van der Waals surface area contributed by atoms with Gasteiger partial charge in [0.25, 0.3) is 0 Å². The summed E-state index contributed by atoms with van der Waals surface area (Å²) in [4.78, 5) is 4.13. The van der Waals surface area contributed by atoms with Crippen molar-refractivity contribution >= 4 is 5.96 Å². The number of nitrogens with two attached hydrogens (primary N) is 1. The number of aliphatic imine (C=N–C) groups is 1. The molecular formula is C14H21N3O. The molecule has 0 bridgehead atoms. The summed E-state index contributed by atoms with van der Waals surface area (Å²) in [6.07, 6.45) is 1.91. The quantitative estimate of drug-likeness (QED) is 0.311. The third kappa shape index (κ3) is 5.94. The molecule has 1 rings (SSSR count). The van der Waals surface area contributed by atoms with Crippen molar-refractivity contribution in [3.8, 4) is 5.75 Å². The standard InChI is InChI=1S/C14H21N3O/c1-11(2)10-17-14(15)16-9-3-4-12-5-7-13(18)8-6-12/h5-8,18H,1,3-4,9-10H2,2H3,(H3,15,16,17). The third-order valence-corrected chi connectivity index (χ3v) is 2.40. The number of nitrogens with one attached hydrogen (secondary N) is 1. The summed E-state index contributed by atoms with van der Waals surface area (Å²) in [5, 5.41) is 12.2. The Morgan fingerprint density at radius 3 is 2.67 bits per heavy atom. The summed E-state index contributed by atoms with van der Waals surface area (Å²) in [5.74, 6) is 0.761. The monoisotopic (exact) mass is 247 g/mol. The SMILES string of the molecule is C=C(C)CN=C(N)NCCCc1ccc(O)cc1. The van der Waals surface area contributed by atoms with Gasteiger partial charge in [-0.2, -0.15) is 0 Å². The fourth-order valence-corrected chi connectivity index (χ4v) is 1.45. The molecule has 4 nitrogen and oxygen atoms in total. The summed E-state index contributed by atoms with van der Waals surface area (Å²) < 4.78 is 0. The molecule has 0 heterocycles. The summed E-state index contributed by atoms with van der Waals surface area (Å²) in [6.45, 7) is 7.03. The van der Waals surface area contributed by atoms with E-state index in [0.29, 0.717) is 18.3 Å². The highest BCUT2D eigenvalue weighted by Gasteiger charge is 1.95. The first-order valence-electron chi connectivity index (χ1n) is 6.04. The molecule has 0 aliphatic heterocycles. The molecule has 0 aliphatic rings. The largest absolute Gasteiger partial charge is 0.508 e. The van der Waals surface area contributed by atoms with Gasteiger partial charge in [0.1, 0.15) is 5.75 Å². The molecule has 1 aromatic carbocycles. The van der Waals surface area contributed by atoms with Crippen molar-refractivity contribution in [2.45, 2.75) is 19.8 Å². The third-order valence-electron chi connectivity index (χ3n) is 2.40. The lowest BCUT2D eigenvalue weighted by molar-refractivity contribution is 0.475. The fourth-order valence-electron chi connectivity index (χ4n) is 1.45. The Hall–Kier alpha value is -1.97. The van der Waals surface area contributed by atoms with Gasteiger partial charge in [0.05, 0.1) is 6.54 Å². The highest BCUT2D eigenvalue weighted by atomic mass is 16.3. The molecule has 1 aromatic rings. The molecule has 0 amide bonds. The van der Waals surface area contributed by atoms with Crippen LogP contribution in [0.4, 0.5) is 0 Å². The minimum absolute atomic E-state index is 0.299. The number of phenolic OH excluding ortho intramolecular Hbond substituents is 1. The van der Waals surface area contributed by atoms with Crippen LogP contribution in [0.5, 0.6) is 5.75 Å². The molecule has 0 aliphatic carbocycles. The molecule has 4 heteroatoms. The molecule has 0 saturated carbocycles. The van der Waals surface area contributed by atoms with Gasteiger partial charge in [0.2, 0.25) is 0 Å². The second kappa shape index (κ2) is 7.37. The van der Waals surface area contributed by atoms with Crippen LogP contribution in [0.1, 0.15) is 18.9 Å². The summed E-state index contributed by atoms with van der Waals surface area (Å²) in [6, 6.07) is 7.25. The smallest absolute Gasteiger partial charge is 0.188 e. The zero-order valence-electron chi connectivity index (χ0n) is 10.8. The van der Waals surface area contributed by atoms with Crippen LogP contribution in [0.3, 0.4) is 0 Å². The first-order valence-corrected chi connectivity index (χ1v) is 6.04. The van der Waals surface area contributed by atoms with E-state index in [1.807, 2.05) is 19.1 Å². The highest BCUT2D eigenvalue weighted by Crippen LogP contribution is 2.10. The fraction of sp³-hybridized carbons (Fsp3) is 0.357. The van der Waals surface area contributed by atoms with Gasteiger partial charge in [-0.15, -0.1) is 0 Å². The Labute approximate surface area is 108 Å². The molecule has 4 N–H and O–H groups in total. The maximum absolute atomic E-state index is 9.15. The molecular weight excluding hydrogens is 226 g/mol. The van der Waals surface area contributed by atoms with Crippen molar-refractivity contribution in [2.75, 3.05) is 13.1 Å². The normalized spacial score (nSPS) is 11.3. The predicted octanol–water partition coefficient (Wildman–Crippen LogP) is 1.81. The van der Waals surface area contributed by atoms with E-state index >= 15 is 0 Å². The van der Waals surface area contributed by atoms with Gasteiger partial charge in [-0.25, -0.2) is 4.99 Å². The Kier molecular flexibility index (Phi) is 5.77. The second-order valence-electron chi connectivity index (χ2n) is 4.36. The van der Waals surface area contributed by atoms with Gasteiger partial charge in [0.15, 0.2) is 5.96 Å². The summed E-state index contributed by atoms with van der Waals surface area (Å²) >= 11 is 0. The maximum atomic E-state index is 9.15. The highest BCUT2D eigenvalue weighted by molar-refractivity contribution is 5.77. The van der Waals surface area contributed by atoms with Gasteiger partial charge in [-0.05, 0) is 37.5 Å². The Morgan fingerprint density at radius 2 is 2.06 bits per heavy atom. The number of benzene rings is 1. The molecule has 0 radical (unpaired) electrons. The number of aryl methyl sites for hydroxylation is 1. The van der Waals surface area contributed by atoms with E-state index in [4.69, 9.17) is 10.8 Å². The topological polar surface area (TPSA) is 70.6 Å². The first kappa shape index (κ1) is 14.1. The zero-order chi connectivity index (χ0) is 13.4. The summed E-state index contributed by atoms with van der Waals surface area (Å²) in [7, 11) is 0. The van der Waals surface area contributed by atoms with Gasteiger partial charge >= 0.3 is 0 Å². The minimum Gasteiger partial charge on any atom is -0.508 e. The Bertz CT molecular complexity index is 410. The first-order chi connectivity index (χ1) is 8.58. The lowest BCUT2D eigenvalue weighted by Crippen LogP contribution is -2.32. The molecule has 0 aromatic heterocycles. The molecule has 0 spiro atoms. The number of hydrogen-bond acceptors (Lipinski definition) is 2. The lowest BCUT2D eigenvalue weighted by Gasteiger charge is -2.06. The molecule has 0 saturated heterocycles. The van der Waals surface area contributed by atoms with Crippen molar-refractivity contribution in [3.05, 3.63) is 42.0 Å². The van der Waals surface area contributed by atoms with E-state index in [0.717, 1.165) is 25.0 Å². The van der Waals surface area contributed by atoms with Crippen LogP contribution < -0.4 is 11.1 Å². The van der Waals surface area contributed by atoms with Gasteiger partial charge in [-0.3, -0.25) is 0 Å². The number of hydrogen-bond donors (Lipinski definition) is 3. The molecule has 18 heavy (non-hydrogen) atoms. The van der Waals surface area contributed by atoms with E-state index < -0.39 is 0 Å². The van der Waals surface area contributed by atoms with Crippen LogP contribution in [0.25, 0.3) is 0 Å². The molecule has 0 fully saturated rings. The minimum atomic E-state index is 0.299.